The van der Waals surface area contributed by atoms with Crippen molar-refractivity contribution in [2.75, 3.05) is 5.32 Å². The van der Waals surface area contributed by atoms with Gasteiger partial charge in [0.25, 0.3) is 0 Å². The number of anilines is 1. The molecule has 2 atom stereocenters. The highest BCUT2D eigenvalue weighted by Gasteiger charge is 2.39. The molecule has 0 aromatic heterocycles. The van der Waals surface area contributed by atoms with Crippen LogP contribution in [0.3, 0.4) is 0 Å². The van der Waals surface area contributed by atoms with Crippen LogP contribution in [0, 0.1) is 11.7 Å². The topological polar surface area (TPSA) is 49.3 Å². The third kappa shape index (κ3) is 3.14. The van der Waals surface area contributed by atoms with E-state index in [1.165, 1.54) is 24.3 Å². The number of halogens is 1. The molecule has 2 N–H and O–H groups in total. The van der Waals surface area contributed by atoms with E-state index in [9.17, 15) is 14.3 Å². The van der Waals surface area contributed by atoms with Gasteiger partial charge in [0, 0.05) is 5.69 Å². The van der Waals surface area contributed by atoms with Crippen LogP contribution >= 0.6 is 0 Å². The first kappa shape index (κ1) is 14.5. The summed E-state index contributed by atoms with van der Waals surface area (Å²) in [4.78, 5) is 12.3. The van der Waals surface area contributed by atoms with Crippen molar-refractivity contribution in [2.45, 2.75) is 25.4 Å². The minimum absolute atomic E-state index is 0.302. The van der Waals surface area contributed by atoms with Crippen molar-refractivity contribution in [3.8, 4) is 0 Å². The Labute approximate surface area is 117 Å². The van der Waals surface area contributed by atoms with E-state index in [1.807, 2.05) is 6.08 Å². The Kier molecular flexibility index (Phi) is 4.35. The molecular formula is C16H18FNO2. The molecule has 2 rings (SSSR count). The van der Waals surface area contributed by atoms with Crippen LogP contribution in [0.15, 0.2) is 48.6 Å². The average molecular weight is 275 g/mol. The molecule has 0 spiro atoms. The van der Waals surface area contributed by atoms with Crippen molar-refractivity contribution >= 4 is 11.6 Å². The van der Waals surface area contributed by atoms with Gasteiger partial charge in [0.1, 0.15) is 5.82 Å². The van der Waals surface area contributed by atoms with Crippen LogP contribution in [0.25, 0.3) is 0 Å². The molecule has 20 heavy (non-hydrogen) atoms. The molecule has 3 nitrogen and oxygen atoms in total. The van der Waals surface area contributed by atoms with Gasteiger partial charge in [-0.15, -0.1) is 0 Å². The van der Waals surface area contributed by atoms with Crippen LogP contribution in [0.5, 0.6) is 0 Å². The van der Waals surface area contributed by atoms with E-state index in [0.29, 0.717) is 12.1 Å². The maximum atomic E-state index is 12.8. The van der Waals surface area contributed by atoms with E-state index in [4.69, 9.17) is 0 Å². The number of carbonyl (C=O) groups is 1. The van der Waals surface area contributed by atoms with Gasteiger partial charge in [0.15, 0.2) is 0 Å². The lowest BCUT2D eigenvalue weighted by atomic mass is 9.85. The predicted octanol–water partition coefficient (Wildman–Crippen LogP) is 3.04. The fraction of sp³-hybridized carbons (Fsp3) is 0.312. The van der Waals surface area contributed by atoms with Crippen molar-refractivity contribution in [3.63, 3.8) is 0 Å². The molecule has 0 saturated carbocycles. The number of benzene rings is 1. The molecule has 0 bridgehead atoms. The number of hydrogen-bond acceptors (Lipinski definition) is 2. The smallest absolute Gasteiger partial charge is 0.234 e. The quantitative estimate of drug-likeness (QED) is 0.830. The molecule has 0 aliphatic heterocycles. The van der Waals surface area contributed by atoms with Gasteiger partial charge in [-0.05, 0) is 44.0 Å². The lowest BCUT2D eigenvalue weighted by Crippen LogP contribution is -2.40. The van der Waals surface area contributed by atoms with Gasteiger partial charge in [-0.1, -0.05) is 24.3 Å². The van der Waals surface area contributed by atoms with Crippen LogP contribution in [-0.4, -0.2) is 16.6 Å². The van der Waals surface area contributed by atoms with Gasteiger partial charge in [-0.2, -0.15) is 0 Å². The summed E-state index contributed by atoms with van der Waals surface area (Å²) in [6, 6.07) is 5.55. The van der Waals surface area contributed by atoms with Gasteiger partial charge in [-0.25, -0.2) is 4.39 Å². The molecule has 1 aliphatic rings. The standard InChI is InChI=1S/C16H18FNO2/c1-2-5-14(16(20)10-3-4-11-16)15(19)18-13-8-6-12(17)7-9-13/h2-3,5-10,14,20H,4,11H2,1H3,(H,18,19)/b5-2+. The summed E-state index contributed by atoms with van der Waals surface area (Å²) in [5.74, 6) is -1.31. The third-order valence-corrected chi connectivity index (χ3v) is 3.44. The predicted molar refractivity (Wildman–Crippen MR) is 76.7 cm³/mol. The second-order valence-corrected chi connectivity index (χ2v) is 4.93. The van der Waals surface area contributed by atoms with Crippen molar-refractivity contribution in [3.05, 3.63) is 54.4 Å². The van der Waals surface area contributed by atoms with Crippen LogP contribution < -0.4 is 5.32 Å². The fourth-order valence-electron chi connectivity index (χ4n) is 2.37. The molecule has 2 unspecified atom stereocenters. The molecule has 4 heteroatoms. The number of hydrogen-bond donors (Lipinski definition) is 2. The summed E-state index contributed by atoms with van der Waals surface area (Å²) in [5.41, 5.74) is -0.632. The van der Waals surface area contributed by atoms with E-state index < -0.39 is 11.5 Å². The zero-order valence-corrected chi connectivity index (χ0v) is 11.3. The molecule has 1 aromatic carbocycles. The van der Waals surface area contributed by atoms with Gasteiger partial charge in [-0.3, -0.25) is 4.79 Å². The monoisotopic (exact) mass is 275 g/mol. The van der Waals surface area contributed by atoms with E-state index in [2.05, 4.69) is 5.32 Å². The maximum Gasteiger partial charge on any atom is 0.234 e. The van der Waals surface area contributed by atoms with Gasteiger partial charge >= 0.3 is 0 Å². The summed E-state index contributed by atoms with van der Waals surface area (Å²) < 4.78 is 12.8. The number of amides is 1. The molecule has 0 heterocycles. The van der Waals surface area contributed by atoms with Crippen LogP contribution in [-0.2, 0) is 4.79 Å². The zero-order chi connectivity index (χ0) is 14.6. The zero-order valence-electron chi connectivity index (χ0n) is 11.3. The molecular weight excluding hydrogens is 257 g/mol. The minimum Gasteiger partial charge on any atom is -0.385 e. The van der Waals surface area contributed by atoms with E-state index in [1.54, 1.807) is 25.2 Å². The minimum atomic E-state index is -1.14. The number of nitrogens with one attached hydrogen (secondary N) is 1. The van der Waals surface area contributed by atoms with Crippen molar-refractivity contribution < 1.29 is 14.3 Å². The second kappa shape index (κ2) is 6.01. The lowest BCUT2D eigenvalue weighted by molar-refractivity contribution is -0.123. The van der Waals surface area contributed by atoms with E-state index in [-0.39, 0.29) is 11.7 Å². The lowest BCUT2D eigenvalue weighted by Gasteiger charge is -2.28. The third-order valence-electron chi connectivity index (χ3n) is 3.44. The molecule has 0 saturated heterocycles. The molecule has 0 radical (unpaired) electrons. The summed E-state index contributed by atoms with van der Waals surface area (Å²) in [7, 11) is 0. The first-order valence-electron chi connectivity index (χ1n) is 6.64. The van der Waals surface area contributed by atoms with Crippen molar-refractivity contribution in [1.29, 1.82) is 0 Å². The summed E-state index contributed by atoms with van der Waals surface area (Å²) in [6.45, 7) is 1.81. The second-order valence-electron chi connectivity index (χ2n) is 4.93. The number of rotatable bonds is 4. The first-order chi connectivity index (χ1) is 9.55. The molecule has 106 valence electrons. The SMILES string of the molecule is C/C=C/C(C(=O)Nc1ccc(F)cc1)C1(O)C=CCC1. The maximum absolute atomic E-state index is 12.8. The summed E-state index contributed by atoms with van der Waals surface area (Å²) in [6.07, 6.45) is 8.28. The number of aliphatic hydroxyl groups is 1. The van der Waals surface area contributed by atoms with Crippen LogP contribution in [0.4, 0.5) is 10.1 Å². The average Bonchev–Trinajstić information content (AvgIpc) is 2.86. The normalized spacial score (nSPS) is 23.1. The largest absolute Gasteiger partial charge is 0.385 e. The van der Waals surface area contributed by atoms with E-state index >= 15 is 0 Å². The highest BCUT2D eigenvalue weighted by atomic mass is 19.1. The van der Waals surface area contributed by atoms with Crippen LogP contribution in [0.1, 0.15) is 19.8 Å². The van der Waals surface area contributed by atoms with Crippen LogP contribution in [0.2, 0.25) is 0 Å². The molecule has 0 fully saturated rings. The molecule has 1 aromatic rings. The Morgan fingerprint density at radius 2 is 2.15 bits per heavy atom. The van der Waals surface area contributed by atoms with Gasteiger partial charge in [0.2, 0.25) is 5.91 Å². The Balaban J connectivity index is 2.15. The Morgan fingerprint density at radius 1 is 1.45 bits per heavy atom. The Morgan fingerprint density at radius 3 is 2.70 bits per heavy atom. The summed E-state index contributed by atoms with van der Waals surface area (Å²) in [5, 5.41) is 13.2. The molecule has 1 aliphatic carbocycles. The highest BCUT2D eigenvalue weighted by molar-refractivity contribution is 5.94. The fourth-order valence-corrected chi connectivity index (χ4v) is 2.37. The first-order valence-corrected chi connectivity index (χ1v) is 6.64. The van der Waals surface area contributed by atoms with Gasteiger partial charge < -0.3 is 10.4 Å². The van der Waals surface area contributed by atoms with Crippen molar-refractivity contribution in [2.24, 2.45) is 5.92 Å². The van der Waals surface area contributed by atoms with E-state index in [0.717, 1.165) is 6.42 Å². The number of carbonyl (C=O) groups excluding carboxylic acids is 1. The van der Waals surface area contributed by atoms with Gasteiger partial charge in [0.05, 0.1) is 11.5 Å². The molecule has 1 amide bonds. The Bertz CT molecular complexity index is 536. The Hall–Kier alpha value is -1.94. The number of allylic oxidation sites excluding steroid dienone is 2. The van der Waals surface area contributed by atoms with Crippen molar-refractivity contribution in [1.82, 2.24) is 0 Å². The highest BCUT2D eigenvalue weighted by Crippen LogP contribution is 2.32. The summed E-state index contributed by atoms with van der Waals surface area (Å²) >= 11 is 0.